The first kappa shape index (κ1) is 14.7. The Morgan fingerprint density at radius 3 is 2.67 bits per heavy atom. The van der Waals surface area contributed by atoms with Crippen LogP contribution >= 0.6 is 0 Å². The molecule has 3 nitrogen and oxygen atoms in total. The van der Waals surface area contributed by atoms with E-state index in [-0.39, 0.29) is 5.75 Å². The molecular formula is C16H21F2NO2. The molecule has 4 unspecified atom stereocenters. The van der Waals surface area contributed by atoms with Crippen molar-refractivity contribution in [2.24, 2.45) is 23.0 Å². The molecule has 21 heavy (non-hydrogen) atoms. The second kappa shape index (κ2) is 5.54. The van der Waals surface area contributed by atoms with Crippen molar-refractivity contribution in [2.75, 3.05) is 6.54 Å². The van der Waals surface area contributed by atoms with Crippen LogP contribution in [-0.2, 0) is 0 Å². The number of alkyl halides is 2. The van der Waals surface area contributed by atoms with E-state index in [9.17, 15) is 13.9 Å². The van der Waals surface area contributed by atoms with E-state index in [1.54, 1.807) is 18.2 Å². The maximum atomic E-state index is 12.5. The summed E-state index contributed by atoms with van der Waals surface area (Å²) in [5, 5.41) is 10.9. The largest absolute Gasteiger partial charge is 0.434 e. The van der Waals surface area contributed by atoms with Crippen LogP contribution in [0.15, 0.2) is 24.3 Å². The lowest BCUT2D eigenvalue weighted by atomic mass is 9.67. The molecule has 3 rings (SSSR count). The lowest BCUT2D eigenvalue weighted by Crippen LogP contribution is -2.41. The van der Waals surface area contributed by atoms with E-state index in [1.807, 2.05) is 0 Å². The topological polar surface area (TPSA) is 55.5 Å². The standard InChI is InChI=1S/C16H21F2NO2/c17-15(18)21-13-4-2-1-3-12(13)14(20)16(9-19)8-10-5-6-11(16)7-10/h1-4,10-11,14-15,20H,5-9,19H2. The van der Waals surface area contributed by atoms with Crippen molar-refractivity contribution in [1.82, 2.24) is 0 Å². The normalized spacial score (nSPS) is 32.6. The molecule has 0 amide bonds. The van der Waals surface area contributed by atoms with Gasteiger partial charge in [0.2, 0.25) is 0 Å². The molecule has 1 aromatic rings. The van der Waals surface area contributed by atoms with Crippen LogP contribution in [0.3, 0.4) is 0 Å². The molecule has 2 fully saturated rings. The summed E-state index contributed by atoms with van der Waals surface area (Å²) in [6, 6.07) is 6.49. The molecule has 0 radical (unpaired) electrons. The molecule has 2 bridgehead atoms. The Hall–Kier alpha value is -1.20. The first-order valence-corrected chi connectivity index (χ1v) is 7.48. The first-order chi connectivity index (χ1) is 10.1. The number of para-hydroxylation sites is 1. The van der Waals surface area contributed by atoms with Crippen LogP contribution in [0.25, 0.3) is 0 Å². The summed E-state index contributed by atoms with van der Waals surface area (Å²) < 4.78 is 29.6. The Bertz CT molecular complexity index is 511. The summed E-state index contributed by atoms with van der Waals surface area (Å²) in [5.41, 5.74) is 6.02. The van der Waals surface area contributed by atoms with Crippen LogP contribution in [0, 0.1) is 17.3 Å². The second-order valence-corrected chi connectivity index (χ2v) is 6.34. The van der Waals surface area contributed by atoms with Crippen molar-refractivity contribution in [3.05, 3.63) is 29.8 Å². The molecule has 0 aliphatic heterocycles. The maximum absolute atomic E-state index is 12.5. The maximum Gasteiger partial charge on any atom is 0.387 e. The summed E-state index contributed by atoms with van der Waals surface area (Å²) in [4.78, 5) is 0. The second-order valence-electron chi connectivity index (χ2n) is 6.34. The highest BCUT2D eigenvalue weighted by Gasteiger charge is 2.54. The predicted molar refractivity (Wildman–Crippen MR) is 75.0 cm³/mol. The van der Waals surface area contributed by atoms with Gasteiger partial charge in [-0.3, -0.25) is 0 Å². The van der Waals surface area contributed by atoms with Gasteiger partial charge in [0.05, 0.1) is 6.10 Å². The molecule has 2 aliphatic carbocycles. The summed E-state index contributed by atoms with van der Waals surface area (Å²) in [6.45, 7) is -2.52. The van der Waals surface area contributed by atoms with Gasteiger partial charge in [-0.1, -0.05) is 24.6 Å². The highest BCUT2D eigenvalue weighted by molar-refractivity contribution is 5.37. The van der Waals surface area contributed by atoms with E-state index >= 15 is 0 Å². The van der Waals surface area contributed by atoms with Gasteiger partial charge >= 0.3 is 6.61 Å². The minimum Gasteiger partial charge on any atom is -0.434 e. The number of aliphatic hydroxyl groups excluding tert-OH is 1. The fourth-order valence-corrected chi connectivity index (χ4v) is 4.40. The zero-order chi connectivity index (χ0) is 15.0. The molecule has 3 N–H and O–H groups in total. The van der Waals surface area contributed by atoms with Gasteiger partial charge in [0.1, 0.15) is 5.75 Å². The van der Waals surface area contributed by atoms with Gasteiger partial charge in [-0.15, -0.1) is 0 Å². The third-order valence-electron chi connectivity index (χ3n) is 5.38. The lowest BCUT2D eigenvalue weighted by Gasteiger charge is -2.41. The van der Waals surface area contributed by atoms with Crippen LogP contribution in [0.4, 0.5) is 8.78 Å². The molecule has 0 aromatic heterocycles. The number of fused-ring (bicyclic) bond motifs is 2. The Labute approximate surface area is 123 Å². The van der Waals surface area contributed by atoms with Gasteiger partial charge in [0.15, 0.2) is 0 Å². The molecule has 0 spiro atoms. The quantitative estimate of drug-likeness (QED) is 0.878. The van der Waals surface area contributed by atoms with Crippen molar-refractivity contribution in [3.63, 3.8) is 0 Å². The number of nitrogens with two attached hydrogens (primary N) is 1. The van der Waals surface area contributed by atoms with E-state index < -0.39 is 18.1 Å². The van der Waals surface area contributed by atoms with Crippen molar-refractivity contribution in [3.8, 4) is 5.75 Å². The van der Waals surface area contributed by atoms with Gasteiger partial charge < -0.3 is 15.6 Å². The monoisotopic (exact) mass is 297 g/mol. The van der Waals surface area contributed by atoms with Crippen LogP contribution in [0.2, 0.25) is 0 Å². The Morgan fingerprint density at radius 1 is 1.33 bits per heavy atom. The summed E-state index contributed by atoms with van der Waals surface area (Å²) in [5.74, 6) is 1.04. The summed E-state index contributed by atoms with van der Waals surface area (Å²) >= 11 is 0. The fraction of sp³-hybridized carbons (Fsp3) is 0.625. The van der Waals surface area contributed by atoms with Crippen LogP contribution in [0.5, 0.6) is 5.75 Å². The zero-order valence-electron chi connectivity index (χ0n) is 11.8. The van der Waals surface area contributed by atoms with E-state index in [0.717, 1.165) is 19.3 Å². The molecule has 0 saturated heterocycles. The minimum atomic E-state index is -2.90. The molecule has 5 heteroatoms. The van der Waals surface area contributed by atoms with Gasteiger partial charge in [0.25, 0.3) is 0 Å². The number of halogens is 2. The number of aliphatic hydroxyl groups is 1. The van der Waals surface area contributed by atoms with Gasteiger partial charge in [0, 0.05) is 17.5 Å². The number of ether oxygens (including phenoxy) is 1. The minimum absolute atomic E-state index is 0.0515. The van der Waals surface area contributed by atoms with Crippen molar-refractivity contribution < 1.29 is 18.6 Å². The Morgan fingerprint density at radius 2 is 2.10 bits per heavy atom. The van der Waals surface area contributed by atoms with Crippen LogP contribution in [0.1, 0.15) is 37.4 Å². The SMILES string of the molecule is NCC1(C(O)c2ccccc2OC(F)F)CC2CCC1C2. The van der Waals surface area contributed by atoms with Crippen molar-refractivity contribution in [1.29, 1.82) is 0 Å². The molecular weight excluding hydrogens is 276 g/mol. The fourth-order valence-electron chi connectivity index (χ4n) is 4.40. The van der Waals surface area contributed by atoms with Crippen LogP contribution < -0.4 is 10.5 Å². The van der Waals surface area contributed by atoms with E-state index in [0.29, 0.717) is 23.9 Å². The third kappa shape index (κ3) is 2.42. The first-order valence-electron chi connectivity index (χ1n) is 7.48. The number of benzene rings is 1. The highest BCUT2D eigenvalue weighted by atomic mass is 19.3. The predicted octanol–water partition coefficient (Wildman–Crippen LogP) is 3.09. The Kier molecular flexibility index (Phi) is 3.88. The van der Waals surface area contributed by atoms with Gasteiger partial charge in [-0.25, -0.2) is 0 Å². The van der Waals surface area contributed by atoms with Crippen molar-refractivity contribution in [2.45, 2.75) is 38.4 Å². The molecule has 0 heterocycles. The summed E-state index contributed by atoms with van der Waals surface area (Å²) in [6.07, 6.45) is 3.36. The Balaban J connectivity index is 1.92. The molecule has 2 saturated carbocycles. The average molecular weight is 297 g/mol. The smallest absolute Gasteiger partial charge is 0.387 e. The molecule has 4 atom stereocenters. The number of hydrogen-bond donors (Lipinski definition) is 2. The van der Waals surface area contributed by atoms with Gasteiger partial charge in [-0.2, -0.15) is 8.78 Å². The zero-order valence-corrected chi connectivity index (χ0v) is 11.8. The average Bonchev–Trinajstić information content (AvgIpc) is 3.07. The van der Waals surface area contributed by atoms with Crippen LogP contribution in [-0.4, -0.2) is 18.3 Å². The highest BCUT2D eigenvalue weighted by Crippen LogP contribution is 2.61. The third-order valence-corrected chi connectivity index (χ3v) is 5.38. The number of rotatable bonds is 5. The molecule has 2 aliphatic rings. The van der Waals surface area contributed by atoms with E-state index in [4.69, 9.17) is 5.73 Å². The van der Waals surface area contributed by atoms with E-state index in [2.05, 4.69) is 4.74 Å². The van der Waals surface area contributed by atoms with Crippen molar-refractivity contribution >= 4 is 0 Å². The van der Waals surface area contributed by atoms with E-state index in [1.165, 1.54) is 12.5 Å². The summed E-state index contributed by atoms with van der Waals surface area (Å²) in [7, 11) is 0. The lowest BCUT2D eigenvalue weighted by molar-refractivity contribution is -0.0566. The van der Waals surface area contributed by atoms with Gasteiger partial charge in [-0.05, 0) is 37.2 Å². The molecule has 116 valence electrons. The number of hydrogen-bond acceptors (Lipinski definition) is 3. The molecule has 1 aromatic carbocycles.